The molecule has 8 heteroatoms. The topological polar surface area (TPSA) is 107 Å². The summed E-state index contributed by atoms with van der Waals surface area (Å²) in [6.45, 7) is 13.5. The molecule has 7 nitrogen and oxygen atoms in total. The van der Waals surface area contributed by atoms with Gasteiger partial charge in [-0.2, -0.15) is 8.42 Å². The van der Waals surface area contributed by atoms with Gasteiger partial charge in [0.15, 0.2) is 0 Å². The maximum absolute atomic E-state index is 11.2. The molecule has 0 fully saturated rings. The van der Waals surface area contributed by atoms with Gasteiger partial charge >= 0.3 is 11.9 Å². The first-order chi connectivity index (χ1) is 14.5. The molecule has 2 rings (SSSR count). The Morgan fingerprint density at radius 1 is 0.742 bits per heavy atom. The van der Waals surface area contributed by atoms with Crippen LogP contribution in [0.5, 0.6) is 0 Å². The summed E-state index contributed by atoms with van der Waals surface area (Å²) in [7, 11) is -1.89. The molecule has 0 amide bonds. The van der Waals surface area contributed by atoms with Gasteiger partial charge in [-0.1, -0.05) is 51.5 Å². The second kappa shape index (κ2) is 15.1. The second-order valence-corrected chi connectivity index (χ2v) is 7.17. The lowest BCUT2D eigenvalue weighted by atomic mass is 10.1. The van der Waals surface area contributed by atoms with Gasteiger partial charge in [0.25, 0.3) is 10.1 Å². The first-order valence-electron chi connectivity index (χ1n) is 9.83. The third-order valence-electron chi connectivity index (χ3n) is 3.61. The van der Waals surface area contributed by atoms with E-state index in [0.29, 0.717) is 11.1 Å². The third-order valence-corrected chi connectivity index (χ3v) is 4.50. The van der Waals surface area contributed by atoms with Crippen LogP contribution in [0.3, 0.4) is 0 Å². The van der Waals surface area contributed by atoms with Gasteiger partial charge in [-0.05, 0) is 50.1 Å². The van der Waals surface area contributed by atoms with E-state index in [1.165, 1.54) is 19.2 Å². The highest BCUT2D eigenvalue weighted by molar-refractivity contribution is 7.86. The van der Waals surface area contributed by atoms with E-state index in [-0.39, 0.29) is 11.5 Å². The summed E-state index contributed by atoms with van der Waals surface area (Å²) >= 11 is 0. The Morgan fingerprint density at radius 3 is 1.52 bits per heavy atom. The van der Waals surface area contributed by atoms with Crippen molar-refractivity contribution in [2.45, 2.75) is 53.4 Å². The quantitative estimate of drug-likeness (QED) is 0.503. The van der Waals surface area contributed by atoms with Crippen LogP contribution in [0.2, 0.25) is 0 Å². The molecule has 0 atom stereocenters. The summed E-state index contributed by atoms with van der Waals surface area (Å²) in [5, 5.41) is 0. The van der Waals surface area contributed by atoms with Crippen LogP contribution >= 0.6 is 0 Å². The lowest BCUT2D eigenvalue weighted by molar-refractivity contribution is 0.0589. The van der Waals surface area contributed by atoms with Crippen LogP contribution in [0.25, 0.3) is 0 Å². The zero-order valence-electron chi connectivity index (χ0n) is 19.8. The van der Waals surface area contributed by atoms with Gasteiger partial charge in [-0.15, -0.1) is 0 Å². The van der Waals surface area contributed by atoms with E-state index in [1.54, 1.807) is 19.1 Å². The van der Waals surface area contributed by atoms with Gasteiger partial charge in [-0.25, -0.2) is 9.59 Å². The van der Waals surface area contributed by atoms with Crippen molar-refractivity contribution in [2.75, 3.05) is 14.2 Å². The Balaban J connectivity index is 0. The predicted octanol–water partition coefficient (Wildman–Crippen LogP) is 5.17. The number of methoxy groups -OCH3 is 2. The van der Waals surface area contributed by atoms with Crippen LogP contribution in [0, 0.1) is 20.8 Å². The lowest BCUT2D eigenvalue weighted by Crippen LogP contribution is -2.10. The van der Waals surface area contributed by atoms with Gasteiger partial charge < -0.3 is 9.47 Å². The number of ether oxygens (including phenoxy) is 2. The van der Waals surface area contributed by atoms with Crippen molar-refractivity contribution in [2.24, 2.45) is 0 Å². The Morgan fingerprint density at radius 2 is 1.13 bits per heavy atom. The maximum atomic E-state index is 11.2. The van der Waals surface area contributed by atoms with Gasteiger partial charge in [-0.3, -0.25) is 4.55 Å². The molecular formula is C23H34O7S. The summed E-state index contributed by atoms with van der Waals surface area (Å²) < 4.78 is 39.9. The summed E-state index contributed by atoms with van der Waals surface area (Å²) in [6.07, 6.45) is 0. The smallest absolute Gasteiger partial charge is 0.339 e. The van der Waals surface area contributed by atoms with Crippen LogP contribution in [0.4, 0.5) is 0 Å². The number of hydrogen-bond donors (Lipinski definition) is 1. The van der Waals surface area contributed by atoms with Crippen molar-refractivity contribution in [1.82, 2.24) is 0 Å². The van der Waals surface area contributed by atoms with Crippen molar-refractivity contribution in [3.63, 3.8) is 0 Å². The van der Waals surface area contributed by atoms with Gasteiger partial charge in [0.2, 0.25) is 0 Å². The molecule has 0 heterocycles. The van der Waals surface area contributed by atoms with E-state index >= 15 is 0 Å². The third kappa shape index (κ3) is 10.2. The van der Waals surface area contributed by atoms with Crippen LogP contribution in [0.1, 0.15) is 65.1 Å². The van der Waals surface area contributed by atoms with Crippen LogP contribution in [-0.4, -0.2) is 39.1 Å². The molecule has 0 spiro atoms. The monoisotopic (exact) mass is 454 g/mol. The fourth-order valence-electron chi connectivity index (χ4n) is 2.27. The number of benzene rings is 2. The molecule has 2 aromatic carbocycles. The Kier molecular flexibility index (Phi) is 14.9. The molecule has 0 unspecified atom stereocenters. The highest BCUT2D eigenvalue weighted by Gasteiger charge is 2.20. The molecular weight excluding hydrogens is 420 g/mol. The van der Waals surface area contributed by atoms with E-state index in [9.17, 15) is 18.0 Å². The zero-order chi connectivity index (χ0) is 24.8. The van der Waals surface area contributed by atoms with E-state index < -0.39 is 21.0 Å². The Labute approximate surface area is 186 Å². The maximum Gasteiger partial charge on any atom is 0.339 e. The van der Waals surface area contributed by atoms with E-state index in [0.717, 1.165) is 18.2 Å². The molecule has 0 aliphatic carbocycles. The average molecular weight is 455 g/mol. The molecule has 0 bridgehead atoms. The van der Waals surface area contributed by atoms with Crippen molar-refractivity contribution < 1.29 is 32.0 Å². The van der Waals surface area contributed by atoms with Crippen molar-refractivity contribution >= 4 is 22.1 Å². The molecule has 0 aliphatic rings. The average Bonchev–Trinajstić information content (AvgIpc) is 2.75. The van der Waals surface area contributed by atoms with Crippen molar-refractivity contribution in [1.29, 1.82) is 0 Å². The van der Waals surface area contributed by atoms with E-state index in [1.807, 2.05) is 53.7 Å². The van der Waals surface area contributed by atoms with Crippen molar-refractivity contribution in [3.05, 3.63) is 64.2 Å². The fraction of sp³-hybridized carbons (Fsp3) is 0.391. The number of aryl methyl sites for hydroxylation is 3. The van der Waals surface area contributed by atoms with Gasteiger partial charge in [0.05, 0.1) is 25.3 Å². The molecule has 0 radical (unpaired) electrons. The molecule has 0 saturated heterocycles. The SMILES string of the molecule is CC.CC.COC(=O)c1ccc(C)cc1C.COC(=O)c1ccc(C)cc1S(=O)(=O)O. The molecule has 0 saturated carbocycles. The number of rotatable bonds is 3. The molecule has 0 aromatic heterocycles. The number of hydrogen-bond acceptors (Lipinski definition) is 6. The Hall–Kier alpha value is -2.71. The summed E-state index contributed by atoms with van der Waals surface area (Å²) in [5.74, 6) is -1.07. The first kappa shape index (κ1) is 30.5. The highest BCUT2D eigenvalue weighted by atomic mass is 32.2. The summed E-state index contributed by atoms with van der Waals surface area (Å²) in [5.41, 5.74) is 3.20. The van der Waals surface area contributed by atoms with Gasteiger partial charge in [0.1, 0.15) is 4.90 Å². The fourth-order valence-corrected chi connectivity index (χ4v) is 3.04. The molecule has 1 N–H and O–H groups in total. The number of carbonyl (C=O) groups excluding carboxylic acids is 2. The highest BCUT2D eigenvalue weighted by Crippen LogP contribution is 2.18. The minimum atomic E-state index is -4.41. The zero-order valence-corrected chi connectivity index (χ0v) is 20.6. The van der Waals surface area contributed by atoms with Crippen LogP contribution < -0.4 is 0 Å². The number of esters is 2. The number of carbonyl (C=O) groups is 2. The van der Waals surface area contributed by atoms with E-state index in [2.05, 4.69) is 9.47 Å². The normalized spacial score (nSPS) is 9.48. The Bertz CT molecular complexity index is 948. The molecule has 2 aromatic rings. The summed E-state index contributed by atoms with van der Waals surface area (Å²) in [4.78, 5) is 21.9. The van der Waals surface area contributed by atoms with Gasteiger partial charge in [0, 0.05) is 0 Å². The minimum Gasteiger partial charge on any atom is -0.465 e. The second-order valence-electron chi connectivity index (χ2n) is 5.78. The largest absolute Gasteiger partial charge is 0.465 e. The van der Waals surface area contributed by atoms with Crippen LogP contribution in [0.15, 0.2) is 41.3 Å². The standard InChI is InChI=1S/C10H12O2.C9H10O5S.2C2H6/c1-7-4-5-9(8(2)6-7)10(11)12-3;1-6-3-4-7(9(10)14-2)8(5-6)15(11,12)13;2*1-2/h4-6H,1-3H3;3-5H,1-2H3,(H,11,12,13);2*1-2H3. The lowest BCUT2D eigenvalue weighted by Gasteiger charge is -2.05. The first-order valence-corrected chi connectivity index (χ1v) is 11.3. The molecule has 174 valence electrons. The van der Waals surface area contributed by atoms with E-state index in [4.69, 9.17) is 4.55 Å². The summed E-state index contributed by atoms with van der Waals surface area (Å²) in [6, 6.07) is 9.72. The van der Waals surface area contributed by atoms with Crippen molar-refractivity contribution in [3.8, 4) is 0 Å². The van der Waals surface area contributed by atoms with Crippen LogP contribution in [-0.2, 0) is 19.6 Å². The predicted molar refractivity (Wildman–Crippen MR) is 122 cm³/mol. The molecule has 31 heavy (non-hydrogen) atoms. The molecule has 0 aliphatic heterocycles. The minimum absolute atomic E-state index is 0.175.